The second-order valence-corrected chi connectivity index (χ2v) is 13.1. The molecule has 2 heteroatoms. The smallest absolute Gasteiger partial charge is 0.137 e. The fraction of sp³-hybridized carbons (Fsp3) is 0.632. The lowest BCUT2D eigenvalue weighted by atomic mass is 9.59. The van der Waals surface area contributed by atoms with E-state index in [9.17, 15) is 9.59 Å². The molecule has 0 spiro atoms. The summed E-state index contributed by atoms with van der Waals surface area (Å²) in [7, 11) is 0. The highest BCUT2D eigenvalue weighted by atomic mass is 16.1. The minimum atomic E-state index is -0.144. The van der Waals surface area contributed by atoms with Gasteiger partial charge in [0.1, 0.15) is 11.6 Å². The topological polar surface area (TPSA) is 34.1 Å². The second kappa shape index (κ2) is 16.3. The first-order valence-corrected chi connectivity index (χ1v) is 16.5. The molecule has 40 heavy (non-hydrogen) atoms. The van der Waals surface area contributed by atoms with Gasteiger partial charge in [-0.1, -0.05) is 141 Å². The second-order valence-electron chi connectivity index (χ2n) is 13.1. The highest BCUT2D eigenvalue weighted by Crippen LogP contribution is 2.50. The summed E-state index contributed by atoms with van der Waals surface area (Å²) in [6.45, 7) is 13.3. The molecule has 0 aromatic heterocycles. The fourth-order valence-electron chi connectivity index (χ4n) is 6.82. The van der Waals surface area contributed by atoms with Crippen molar-refractivity contribution >= 4 is 11.6 Å². The quantitative estimate of drug-likeness (QED) is 0.197. The van der Waals surface area contributed by atoms with Crippen LogP contribution in [0.15, 0.2) is 48.5 Å². The number of benzene rings is 2. The highest BCUT2D eigenvalue weighted by molar-refractivity contribution is 5.90. The number of rotatable bonds is 16. The Morgan fingerprint density at radius 3 is 1.73 bits per heavy atom. The molecule has 1 fully saturated rings. The zero-order chi connectivity index (χ0) is 29.1. The monoisotopic (exact) mass is 544 g/mol. The third-order valence-electron chi connectivity index (χ3n) is 9.38. The third kappa shape index (κ3) is 8.64. The molecule has 4 unspecified atom stereocenters. The molecule has 1 aliphatic rings. The first-order valence-electron chi connectivity index (χ1n) is 16.5. The van der Waals surface area contributed by atoms with E-state index in [1.54, 1.807) is 0 Å². The molecule has 0 radical (unpaired) electrons. The van der Waals surface area contributed by atoms with E-state index in [-0.39, 0.29) is 23.7 Å². The fourth-order valence-corrected chi connectivity index (χ4v) is 6.82. The Morgan fingerprint density at radius 2 is 1.20 bits per heavy atom. The standard InChI is InChI=1S/C38H56O2/c1-7-9-11-13-15-17-35(39)38-34(31-22-18-29(19-23-31)27(3)4)26-36(40)33(16-14-12-10-8-2)37(38)32-24-20-30(21-25-32)28(5)6/h18-25,27-28,33-34,37-38H,7-17,26H2,1-6H3. The van der Waals surface area contributed by atoms with Gasteiger partial charge in [-0.2, -0.15) is 0 Å². The van der Waals surface area contributed by atoms with Crippen molar-refractivity contribution in [3.05, 3.63) is 70.8 Å². The van der Waals surface area contributed by atoms with Crippen LogP contribution in [0.2, 0.25) is 0 Å². The molecule has 0 bridgehead atoms. The van der Waals surface area contributed by atoms with E-state index >= 15 is 0 Å². The predicted molar refractivity (Wildman–Crippen MR) is 170 cm³/mol. The minimum Gasteiger partial charge on any atom is -0.299 e. The van der Waals surface area contributed by atoms with Gasteiger partial charge in [-0.25, -0.2) is 0 Å². The molecule has 1 saturated carbocycles. The van der Waals surface area contributed by atoms with E-state index in [1.165, 1.54) is 48.8 Å². The van der Waals surface area contributed by atoms with E-state index in [1.807, 2.05) is 0 Å². The summed E-state index contributed by atoms with van der Waals surface area (Å²) < 4.78 is 0. The number of ketones is 2. The average molecular weight is 545 g/mol. The Bertz CT molecular complexity index is 1030. The van der Waals surface area contributed by atoms with Gasteiger partial charge in [-0.05, 0) is 46.9 Å². The van der Waals surface area contributed by atoms with Gasteiger partial charge in [0.25, 0.3) is 0 Å². The predicted octanol–water partition coefficient (Wildman–Crippen LogP) is 10.9. The summed E-state index contributed by atoms with van der Waals surface area (Å²) in [4.78, 5) is 28.2. The highest BCUT2D eigenvalue weighted by Gasteiger charge is 2.47. The molecule has 2 aromatic rings. The van der Waals surface area contributed by atoms with Crippen molar-refractivity contribution in [3.63, 3.8) is 0 Å². The molecule has 0 aliphatic heterocycles. The number of carbonyl (C=O) groups is 2. The van der Waals surface area contributed by atoms with Crippen molar-refractivity contribution in [1.29, 1.82) is 0 Å². The van der Waals surface area contributed by atoms with Crippen molar-refractivity contribution in [2.45, 2.75) is 142 Å². The number of hydrogen-bond donors (Lipinski definition) is 0. The first-order chi connectivity index (χ1) is 19.3. The molecule has 3 rings (SSSR count). The van der Waals surface area contributed by atoms with E-state index in [0.717, 1.165) is 37.7 Å². The molecule has 4 atom stereocenters. The average Bonchev–Trinajstić information content (AvgIpc) is 2.95. The maximum absolute atomic E-state index is 14.3. The first kappa shape index (κ1) is 32.3. The lowest BCUT2D eigenvalue weighted by Gasteiger charge is -2.42. The normalized spacial score (nSPS) is 21.4. The largest absolute Gasteiger partial charge is 0.299 e. The maximum atomic E-state index is 14.3. The van der Waals surface area contributed by atoms with E-state index in [4.69, 9.17) is 0 Å². The number of unbranched alkanes of at least 4 members (excludes halogenated alkanes) is 7. The summed E-state index contributed by atoms with van der Waals surface area (Å²) in [5, 5.41) is 0. The third-order valence-corrected chi connectivity index (χ3v) is 9.38. The van der Waals surface area contributed by atoms with E-state index < -0.39 is 0 Å². The van der Waals surface area contributed by atoms with Gasteiger partial charge < -0.3 is 0 Å². The van der Waals surface area contributed by atoms with Gasteiger partial charge in [0.15, 0.2) is 0 Å². The Kier molecular flexibility index (Phi) is 13.1. The van der Waals surface area contributed by atoms with Crippen LogP contribution in [0.1, 0.15) is 165 Å². The Morgan fingerprint density at radius 1 is 0.700 bits per heavy atom. The van der Waals surface area contributed by atoms with Crippen molar-refractivity contribution in [2.24, 2.45) is 11.8 Å². The molecule has 0 heterocycles. The van der Waals surface area contributed by atoms with E-state index in [0.29, 0.717) is 36.2 Å². The SMILES string of the molecule is CCCCCCCC(=O)C1C(c2ccc(C(C)C)cc2)CC(=O)C(CCCCCC)C1c1ccc(C(C)C)cc1. The number of hydrogen-bond acceptors (Lipinski definition) is 2. The zero-order valence-corrected chi connectivity index (χ0v) is 26.4. The van der Waals surface area contributed by atoms with Crippen molar-refractivity contribution in [3.8, 4) is 0 Å². The molecule has 1 aliphatic carbocycles. The van der Waals surface area contributed by atoms with Gasteiger partial charge in [-0.15, -0.1) is 0 Å². The van der Waals surface area contributed by atoms with Crippen LogP contribution >= 0.6 is 0 Å². The van der Waals surface area contributed by atoms with Crippen molar-refractivity contribution in [1.82, 2.24) is 0 Å². The molecule has 2 aromatic carbocycles. The van der Waals surface area contributed by atoms with Crippen LogP contribution in [0.4, 0.5) is 0 Å². The lowest BCUT2D eigenvalue weighted by molar-refractivity contribution is -0.133. The molecular weight excluding hydrogens is 488 g/mol. The Balaban J connectivity index is 2.02. The summed E-state index contributed by atoms with van der Waals surface area (Å²) in [5.41, 5.74) is 4.96. The molecule has 0 saturated heterocycles. The number of carbonyl (C=O) groups excluding carboxylic acids is 2. The number of Topliss-reactive ketones (excluding diaryl/α,β-unsaturated/α-hetero) is 2. The van der Waals surface area contributed by atoms with Crippen LogP contribution in [0.25, 0.3) is 0 Å². The van der Waals surface area contributed by atoms with Crippen LogP contribution in [0, 0.1) is 11.8 Å². The summed E-state index contributed by atoms with van der Waals surface area (Å²) in [6, 6.07) is 17.7. The van der Waals surface area contributed by atoms with Gasteiger partial charge in [0.05, 0.1) is 0 Å². The van der Waals surface area contributed by atoms with Crippen molar-refractivity contribution < 1.29 is 9.59 Å². The molecular formula is C38H56O2. The van der Waals surface area contributed by atoms with Gasteiger partial charge in [0, 0.05) is 36.5 Å². The molecule has 2 nitrogen and oxygen atoms in total. The zero-order valence-electron chi connectivity index (χ0n) is 26.4. The van der Waals surface area contributed by atoms with E-state index in [2.05, 4.69) is 90.1 Å². The van der Waals surface area contributed by atoms with Gasteiger partial charge >= 0.3 is 0 Å². The lowest BCUT2D eigenvalue weighted by Crippen LogP contribution is -2.42. The molecule has 0 amide bonds. The summed E-state index contributed by atoms with van der Waals surface area (Å²) >= 11 is 0. The van der Waals surface area contributed by atoms with Crippen LogP contribution < -0.4 is 0 Å². The molecule has 220 valence electrons. The van der Waals surface area contributed by atoms with Crippen LogP contribution in [-0.4, -0.2) is 11.6 Å². The van der Waals surface area contributed by atoms with Gasteiger partial charge in [0.2, 0.25) is 0 Å². The van der Waals surface area contributed by atoms with Crippen LogP contribution in [-0.2, 0) is 9.59 Å². The Hall–Kier alpha value is -2.22. The Labute approximate surface area is 245 Å². The summed E-state index contributed by atoms with van der Waals surface area (Å²) in [6.07, 6.45) is 12.4. The summed E-state index contributed by atoms with van der Waals surface area (Å²) in [5.74, 6) is 1.36. The van der Waals surface area contributed by atoms with Crippen LogP contribution in [0.3, 0.4) is 0 Å². The van der Waals surface area contributed by atoms with Crippen molar-refractivity contribution in [2.75, 3.05) is 0 Å². The van der Waals surface area contributed by atoms with Gasteiger partial charge in [-0.3, -0.25) is 9.59 Å². The minimum absolute atomic E-state index is 0.0398. The van der Waals surface area contributed by atoms with Crippen LogP contribution in [0.5, 0.6) is 0 Å². The molecule has 0 N–H and O–H groups in total. The maximum Gasteiger partial charge on any atom is 0.137 e.